The third-order valence-electron chi connectivity index (χ3n) is 3.74. The van der Waals surface area contributed by atoms with Crippen LogP contribution in [0.15, 0.2) is 48.5 Å². The highest BCUT2D eigenvalue weighted by Crippen LogP contribution is 2.31. The third kappa shape index (κ3) is 5.52. The molecule has 2 unspecified atom stereocenters. The maximum absolute atomic E-state index is 13.3. The molecule has 2 rings (SSSR count). The van der Waals surface area contributed by atoms with Crippen LogP contribution in [0.3, 0.4) is 0 Å². The molecule has 0 heterocycles. The van der Waals surface area contributed by atoms with Crippen LogP contribution >= 0.6 is 0 Å². The average molecular weight is 357 g/mol. The van der Waals surface area contributed by atoms with Gasteiger partial charge in [-0.15, -0.1) is 0 Å². The van der Waals surface area contributed by atoms with Crippen molar-refractivity contribution in [2.75, 3.05) is 0 Å². The summed E-state index contributed by atoms with van der Waals surface area (Å²) < 4.78 is 56.7. The summed E-state index contributed by atoms with van der Waals surface area (Å²) in [6, 6.07) is 11.0. The number of hydrogen-bond donors (Lipinski definition) is 2. The molecule has 0 bridgehead atoms. The van der Waals surface area contributed by atoms with Crippen molar-refractivity contribution in [2.45, 2.75) is 38.0 Å². The molecule has 0 aromatic heterocycles. The van der Waals surface area contributed by atoms with Crippen LogP contribution in [0.1, 0.15) is 30.0 Å². The second-order valence-corrected chi connectivity index (χ2v) is 6.04. The lowest BCUT2D eigenvalue weighted by atomic mass is 9.92. The van der Waals surface area contributed by atoms with Gasteiger partial charge < -0.3 is 15.6 Å². The normalized spacial score (nSPS) is 15.6. The van der Waals surface area contributed by atoms with Crippen LogP contribution in [0.5, 0.6) is 0 Å². The fourth-order valence-electron chi connectivity index (χ4n) is 2.47. The Labute approximate surface area is 143 Å². The van der Waals surface area contributed by atoms with Gasteiger partial charge in [-0.1, -0.05) is 30.3 Å². The van der Waals surface area contributed by atoms with E-state index in [1.54, 1.807) is 37.3 Å². The van der Waals surface area contributed by atoms with Crippen LogP contribution in [-0.2, 0) is 23.1 Å². The minimum absolute atomic E-state index is 0.0159. The van der Waals surface area contributed by atoms with Gasteiger partial charge in [0.1, 0.15) is 12.0 Å². The van der Waals surface area contributed by atoms with Crippen molar-refractivity contribution < 1.29 is 27.4 Å². The van der Waals surface area contributed by atoms with Crippen molar-refractivity contribution in [1.82, 2.24) is 0 Å². The first-order chi connectivity index (χ1) is 11.6. The van der Waals surface area contributed by atoms with Gasteiger partial charge in [0.05, 0.1) is 17.8 Å². The molecule has 136 valence electrons. The van der Waals surface area contributed by atoms with Crippen LogP contribution in [0.2, 0.25) is 0 Å². The van der Waals surface area contributed by atoms with Gasteiger partial charge in [-0.25, -0.2) is 4.39 Å². The molecule has 0 aliphatic rings. The maximum atomic E-state index is 13.3. The van der Waals surface area contributed by atoms with Gasteiger partial charge in [-0.2, -0.15) is 13.2 Å². The quantitative estimate of drug-likeness (QED) is 0.608. The molecule has 3 nitrogen and oxygen atoms in total. The zero-order chi connectivity index (χ0) is 18.7. The Bertz CT molecular complexity index is 702. The van der Waals surface area contributed by atoms with Crippen molar-refractivity contribution in [1.29, 1.82) is 0 Å². The molecular weight excluding hydrogens is 338 g/mol. The lowest BCUT2D eigenvalue weighted by molar-refractivity contribution is -0.137. The molecule has 3 N–H and O–H groups in total. The minimum Gasteiger partial charge on any atom is -0.385 e. The van der Waals surface area contributed by atoms with E-state index in [1.807, 2.05) is 0 Å². The van der Waals surface area contributed by atoms with Crippen LogP contribution in [0.25, 0.3) is 0 Å². The smallest absolute Gasteiger partial charge is 0.385 e. The lowest BCUT2D eigenvalue weighted by Gasteiger charge is -2.27. The standard InChI is InChI=1S/C18H19F4NO2/c1-17(24,13-5-3-2-4-6-13)10-16(23)25-11-12-7-14(18(20,21)22)9-15(19)8-12/h2-9,16,24H,10-11,23H2,1H3. The monoisotopic (exact) mass is 357 g/mol. The van der Waals surface area contributed by atoms with E-state index >= 15 is 0 Å². The molecule has 0 fully saturated rings. The molecule has 2 atom stereocenters. The summed E-state index contributed by atoms with van der Waals surface area (Å²) in [7, 11) is 0. The fourth-order valence-corrected chi connectivity index (χ4v) is 2.47. The van der Waals surface area contributed by atoms with E-state index in [4.69, 9.17) is 10.5 Å². The van der Waals surface area contributed by atoms with Gasteiger partial charge in [0.25, 0.3) is 0 Å². The van der Waals surface area contributed by atoms with Crippen molar-refractivity contribution >= 4 is 0 Å². The van der Waals surface area contributed by atoms with Crippen LogP contribution in [-0.4, -0.2) is 11.3 Å². The molecule has 0 saturated heterocycles. The number of halogens is 4. The Morgan fingerprint density at radius 1 is 1.08 bits per heavy atom. The largest absolute Gasteiger partial charge is 0.416 e. The molecule has 0 spiro atoms. The number of aliphatic hydroxyl groups is 1. The highest BCUT2D eigenvalue weighted by Gasteiger charge is 2.31. The SMILES string of the molecule is CC(O)(CC(N)OCc1cc(F)cc(C(F)(F)F)c1)c1ccccc1. The summed E-state index contributed by atoms with van der Waals surface area (Å²) in [5.74, 6) is -1.00. The van der Waals surface area contributed by atoms with Gasteiger partial charge in [-0.05, 0) is 36.2 Å². The maximum Gasteiger partial charge on any atom is 0.416 e. The number of alkyl halides is 3. The molecular formula is C18H19F4NO2. The number of ether oxygens (including phenoxy) is 1. The first kappa shape index (κ1) is 19.4. The van der Waals surface area contributed by atoms with E-state index in [0.29, 0.717) is 11.6 Å². The van der Waals surface area contributed by atoms with Gasteiger partial charge >= 0.3 is 6.18 Å². The molecule has 0 amide bonds. The summed E-state index contributed by atoms with van der Waals surface area (Å²) in [4.78, 5) is 0. The van der Waals surface area contributed by atoms with E-state index in [1.165, 1.54) is 0 Å². The summed E-state index contributed by atoms with van der Waals surface area (Å²) in [5.41, 5.74) is 4.11. The third-order valence-corrected chi connectivity index (χ3v) is 3.74. The molecule has 0 aliphatic heterocycles. The summed E-state index contributed by atoms with van der Waals surface area (Å²) in [6.45, 7) is 1.27. The highest BCUT2D eigenvalue weighted by atomic mass is 19.4. The second-order valence-electron chi connectivity index (χ2n) is 6.04. The van der Waals surface area contributed by atoms with E-state index in [-0.39, 0.29) is 18.6 Å². The summed E-state index contributed by atoms with van der Waals surface area (Å²) >= 11 is 0. The molecule has 2 aromatic carbocycles. The Morgan fingerprint density at radius 3 is 2.32 bits per heavy atom. The second kappa shape index (κ2) is 7.51. The lowest BCUT2D eigenvalue weighted by Crippen LogP contribution is -2.34. The average Bonchev–Trinajstić information content (AvgIpc) is 2.52. The number of rotatable bonds is 6. The Morgan fingerprint density at radius 2 is 1.72 bits per heavy atom. The summed E-state index contributed by atoms with van der Waals surface area (Å²) in [6.07, 6.45) is -5.55. The molecule has 2 aromatic rings. The van der Waals surface area contributed by atoms with E-state index in [0.717, 1.165) is 12.1 Å². The summed E-state index contributed by atoms with van der Waals surface area (Å²) in [5, 5.41) is 10.5. The van der Waals surface area contributed by atoms with E-state index in [9.17, 15) is 22.7 Å². The van der Waals surface area contributed by atoms with Crippen LogP contribution in [0, 0.1) is 5.82 Å². The van der Waals surface area contributed by atoms with Crippen molar-refractivity contribution in [3.8, 4) is 0 Å². The van der Waals surface area contributed by atoms with E-state index < -0.39 is 29.4 Å². The van der Waals surface area contributed by atoms with Crippen molar-refractivity contribution in [2.24, 2.45) is 5.73 Å². The number of hydrogen-bond acceptors (Lipinski definition) is 3. The molecule has 25 heavy (non-hydrogen) atoms. The fraction of sp³-hybridized carbons (Fsp3) is 0.333. The van der Waals surface area contributed by atoms with Gasteiger partial charge in [0, 0.05) is 6.42 Å². The zero-order valence-corrected chi connectivity index (χ0v) is 13.6. The van der Waals surface area contributed by atoms with Crippen LogP contribution in [0.4, 0.5) is 17.6 Å². The molecule has 0 radical (unpaired) electrons. The molecule has 0 aliphatic carbocycles. The minimum atomic E-state index is -4.64. The van der Waals surface area contributed by atoms with Crippen molar-refractivity contribution in [3.05, 3.63) is 71.0 Å². The zero-order valence-electron chi connectivity index (χ0n) is 13.6. The number of benzene rings is 2. The van der Waals surface area contributed by atoms with E-state index in [2.05, 4.69) is 0 Å². The molecule has 7 heteroatoms. The highest BCUT2D eigenvalue weighted by molar-refractivity contribution is 5.26. The predicted molar refractivity (Wildman–Crippen MR) is 84.8 cm³/mol. The topological polar surface area (TPSA) is 55.5 Å². The Hall–Kier alpha value is -1.96. The molecule has 0 saturated carbocycles. The van der Waals surface area contributed by atoms with Gasteiger partial charge in [0.15, 0.2) is 0 Å². The predicted octanol–water partition coefficient (Wildman–Crippen LogP) is 3.94. The first-order valence-corrected chi connectivity index (χ1v) is 7.60. The van der Waals surface area contributed by atoms with Gasteiger partial charge in [-0.3, -0.25) is 0 Å². The number of nitrogens with two attached hydrogens (primary N) is 1. The first-order valence-electron chi connectivity index (χ1n) is 7.60. The van der Waals surface area contributed by atoms with Crippen molar-refractivity contribution in [3.63, 3.8) is 0 Å². The van der Waals surface area contributed by atoms with Gasteiger partial charge in [0.2, 0.25) is 0 Å². The van der Waals surface area contributed by atoms with Crippen LogP contribution < -0.4 is 5.73 Å². The Kier molecular flexibility index (Phi) is 5.82. The Balaban J connectivity index is 2.00.